The van der Waals surface area contributed by atoms with Crippen molar-refractivity contribution in [3.8, 4) is 0 Å². The average molecular weight is 90.1 g/mol. The van der Waals surface area contributed by atoms with Crippen LogP contribution in [0, 0.1) is 5.92 Å². The Labute approximate surface area is 36.1 Å². The largest absolute Gasteiger partial charge is 0.380 e. The number of hydrogen-bond acceptors (Lipinski definition) is 1. The molecule has 1 heterocycles. The van der Waals surface area contributed by atoms with Crippen LogP contribution in [-0.2, 0) is 4.74 Å². The summed E-state index contributed by atoms with van der Waals surface area (Å²) in [5.74, 6) is 0.227. The first kappa shape index (κ1) is 4.06. The molecule has 0 aromatic carbocycles. The fraction of sp³-hybridized carbons (Fsp3) is 1.00. The Bertz CT molecular complexity index is 40.1. The van der Waals surface area contributed by atoms with E-state index < -0.39 is 0 Å². The zero-order chi connectivity index (χ0) is 4.41. The predicted octanol–water partition coefficient (Wildman–Crippen LogP) is 0.602. The molecular weight excluding hydrogens is 83.0 g/mol. The summed E-state index contributed by atoms with van der Waals surface area (Å²) in [6.07, 6.45) is 0. The molecule has 0 radical (unpaired) electrons. The fourth-order valence-corrected chi connectivity index (χ4v) is 0.374. The summed E-state index contributed by atoms with van der Waals surface area (Å²) in [6, 6.07) is 0. The van der Waals surface area contributed by atoms with Gasteiger partial charge in [-0.3, -0.25) is 4.39 Å². The van der Waals surface area contributed by atoms with Crippen LogP contribution in [0.1, 0.15) is 0 Å². The van der Waals surface area contributed by atoms with Crippen molar-refractivity contribution in [3.63, 3.8) is 0 Å². The Morgan fingerprint density at radius 1 is 1.67 bits per heavy atom. The summed E-state index contributed by atoms with van der Waals surface area (Å²) in [5.41, 5.74) is 0. The third kappa shape index (κ3) is 0.522. The Morgan fingerprint density at radius 3 is 2.33 bits per heavy atom. The van der Waals surface area contributed by atoms with Crippen molar-refractivity contribution in [2.24, 2.45) is 5.92 Å². The molecule has 1 rings (SSSR count). The normalized spacial score (nSPS) is 23.5. The van der Waals surface area contributed by atoms with Gasteiger partial charge < -0.3 is 4.74 Å². The van der Waals surface area contributed by atoms with E-state index in [2.05, 4.69) is 4.74 Å². The highest BCUT2D eigenvalue weighted by atomic mass is 19.1. The first-order valence-electron chi connectivity index (χ1n) is 2.07. The van der Waals surface area contributed by atoms with Gasteiger partial charge in [-0.05, 0) is 0 Å². The van der Waals surface area contributed by atoms with Crippen LogP contribution in [0.15, 0.2) is 0 Å². The second kappa shape index (κ2) is 1.56. The van der Waals surface area contributed by atoms with E-state index in [9.17, 15) is 4.39 Å². The Hall–Kier alpha value is -0.110. The van der Waals surface area contributed by atoms with Crippen molar-refractivity contribution < 1.29 is 9.13 Å². The van der Waals surface area contributed by atoms with Gasteiger partial charge in [-0.2, -0.15) is 0 Å². The predicted molar refractivity (Wildman–Crippen MR) is 20.3 cm³/mol. The first-order chi connectivity index (χ1) is 2.93. The molecule has 2 heteroatoms. The second-order valence-corrected chi connectivity index (χ2v) is 1.56. The zero-order valence-electron chi connectivity index (χ0n) is 3.48. The number of hydrogen-bond donors (Lipinski definition) is 0. The molecule has 0 unspecified atom stereocenters. The van der Waals surface area contributed by atoms with Gasteiger partial charge >= 0.3 is 0 Å². The standard InChI is InChI=1S/C4H7FO/c5-1-4-2-6-3-4/h4H,1-3H2. The summed E-state index contributed by atoms with van der Waals surface area (Å²) in [7, 11) is 0. The van der Waals surface area contributed by atoms with Crippen molar-refractivity contribution in [1.29, 1.82) is 0 Å². The lowest BCUT2D eigenvalue weighted by Crippen LogP contribution is -2.28. The van der Waals surface area contributed by atoms with Crippen LogP contribution >= 0.6 is 0 Å². The molecule has 0 saturated carbocycles. The van der Waals surface area contributed by atoms with Crippen molar-refractivity contribution in [2.45, 2.75) is 0 Å². The maximum Gasteiger partial charge on any atom is 0.0966 e. The van der Waals surface area contributed by atoms with Crippen molar-refractivity contribution >= 4 is 0 Å². The number of halogens is 1. The van der Waals surface area contributed by atoms with E-state index >= 15 is 0 Å². The Kier molecular flexibility index (Phi) is 1.05. The lowest BCUT2D eigenvalue weighted by atomic mass is 10.1. The van der Waals surface area contributed by atoms with E-state index in [1.54, 1.807) is 0 Å². The van der Waals surface area contributed by atoms with Crippen LogP contribution in [0.4, 0.5) is 4.39 Å². The quantitative estimate of drug-likeness (QED) is 0.458. The third-order valence-electron chi connectivity index (χ3n) is 0.925. The smallest absolute Gasteiger partial charge is 0.0966 e. The van der Waals surface area contributed by atoms with Crippen LogP contribution in [0.5, 0.6) is 0 Å². The third-order valence-corrected chi connectivity index (χ3v) is 0.925. The fourth-order valence-electron chi connectivity index (χ4n) is 0.374. The molecule has 0 aromatic heterocycles. The van der Waals surface area contributed by atoms with E-state index in [1.807, 2.05) is 0 Å². The topological polar surface area (TPSA) is 9.23 Å². The molecule has 0 N–H and O–H groups in total. The molecule has 0 amide bonds. The van der Waals surface area contributed by atoms with Gasteiger partial charge in [-0.15, -0.1) is 0 Å². The average Bonchev–Trinajstić information content (AvgIpc) is 1.31. The summed E-state index contributed by atoms with van der Waals surface area (Å²) >= 11 is 0. The minimum Gasteiger partial charge on any atom is -0.380 e. The van der Waals surface area contributed by atoms with Crippen LogP contribution in [-0.4, -0.2) is 19.9 Å². The highest BCUT2D eigenvalue weighted by molar-refractivity contribution is 4.62. The molecular formula is C4H7FO. The van der Waals surface area contributed by atoms with E-state index in [1.165, 1.54) is 0 Å². The molecule has 1 aliphatic heterocycles. The molecule has 1 aliphatic rings. The van der Waals surface area contributed by atoms with Crippen LogP contribution < -0.4 is 0 Å². The van der Waals surface area contributed by atoms with E-state index in [0.29, 0.717) is 13.2 Å². The molecule has 1 nitrogen and oxygen atoms in total. The number of ether oxygens (including phenoxy) is 1. The van der Waals surface area contributed by atoms with Crippen molar-refractivity contribution in [2.75, 3.05) is 19.9 Å². The van der Waals surface area contributed by atoms with Gasteiger partial charge in [0, 0.05) is 5.92 Å². The Morgan fingerprint density at radius 2 is 2.33 bits per heavy atom. The summed E-state index contributed by atoms with van der Waals surface area (Å²) < 4.78 is 16.0. The molecule has 36 valence electrons. The lowest BCUT2D eigenvalue weighted by molar-refractivity contribution is -0.0417. The molecule has 6 heavy (non-hydrogen) atoms. The lowest BCUT2D eigenvalue weighted by Gasteiger charge is -2.21. The van der Waals surface area contributed by atoms with Crippen molar-refractivity contribution in [3.05, 3.63) is 0 Å². The molecule has 0 spiro atoms. The molecule has 0 aromatic rings. The van der Waals surface area contributed by atoms with Gasteiger partial charge in [-0.25, -0.2) is 0 Å². The van der Waals surface area contributed by atoms with E-state index in [-0.39, 0.29) is 12.6 Å². The second-order valence-electron chi connectivity index (χ2n) is 1.56. The summed E-state index contributed by atoms with van der Waals surface area (Å²) in [5, 5.41) is 0. The van der Waals surface area contributed by atoms with Gasteiger partial charge in [0.05, 0.1) is 19.9 Å². The molecule has 0 bridgehead atoms. The molecule has 1 fully saturated rings. The van der Waals surface area contributed by atoms with Gasteiger partial charge in [0.25, 0.3) is 0 Å². The molecule has 0 atom stereocenters. The van der Waals surface area contributed by atoms with Gasteiger partial charge in [0.15, 0.2) is 0 Å². The minimum atomic E-state index is -0.208. The minimum absolute atomic E-state index is 0.208. The monoisotopic (exact) mass is 90.0 g/mol. The first-order valence-corrected chi connectivity index (χ1v) is 2.07. The summed E-state index contributed by atoms with van der Waals surface area (Å²) in [4.78, 5) is 0. The van der Waals surface area contributed by atoms with Gasteiger partial charge in [0.1, 0.15) is 0 Å². The number of rotatable bonds is 1. The van der Waals surface area contributed by atoms with E-state index in [4.69, 9.17) is 0 Å². The SMILES string of the molecule is FCC1COC1. The number of alkyl halides is 1. The summed E-state index contributed by atoms with van der Waals surface area (Å²) in [6.45, 7) is 1.06. The highest BCUT2D eigenvalue weighted by Gasteiger charge is 2.16. The molecule has 0 aliphatic carbocycles. The van der Waals surface area contributed by atoms with Crippen LogP contribution in [0.3, 0.4) is 0 Å². The van der Waals surface area contributed by atoms with Crippen molar-refractivity contribution in [1.82, 2.24) is 0 Å². The van der Waals surface area contributed by atoms with E-state index in [0.717, 1.165) is 0 Å². The zero-order valence-corrected chi connectivity index (χ0v) is 3.48. The van der Waals surface area contributed by atoms with Crippen LogP contribution in [0.2, 0.25) is 0 Å². The van der Waals surface area contributed by atoms with Gasteiger partial charge in [0.2, 0.25) is 0 Å². The van der Waals surface area contributed by atoms with Crippen LogP contribution in [0.25, 0.3) is 0 Å². The molecule has 1 saturated heterocycles. The maximum absolute atomic E-state index is 11.4. The highest BCUT2D eigenvalue weighted by Crippen LogP contribution is 2.08. The Balaban J connectivity index is 2.01. The van der Waals surface area contributed by atoms with Gasteiger partial charge in [-0.1, -0.05) is 0 Å². The maximum atomic E-state index is 11.4.